The Kier molecular flexibility index (Phi) is 5.81. The molecule has 0 aliphatic carbocycles. The van der Waals surface area contributed by atoms with Gasteiger partial charge in [-0.1, -0.05) is 49.6 Å². The number of rotatable bonds is 7. The zero-order valence-electron chi connectivity index (χ0n) is 16.5. The van der Waals surface area contributed by atoms with Gasteiger partial charge in [0.1, 0.15) is 12.3 Å². The van der Waals surface area contributed by atoms with E-state index >= 15 is 0 Å². The van der Waals surface area contributed by atoms with Crippen LogP contribution in [-0.4, -0.2) is 25.1 Å². The quantitative estimate of drug-likeness (QED) is 0.327. The largest absolute Gasteiger partial charge is 0.454 e. The highest BCUT2D eigenvalue weighted by Crippen LogP contribution is 2.16. The Morgan fingerprint density at radius 2 is 1.90 bits per heavy atom. The molecule has 154 valence electrons. The van der Waals surface area contributed by atoms with Crippen LogP contribution in [0.1, 0.15) is 42.4 Å². The topological polar surface area (TPSA) is 78.5 Å². The molecule has 0 atom stereocenters. The van der Waals surface area contributed by atoms with Crippen LogP contribution in [0.5, 0.6) is 0 Å². The first-order valence-corrected chi connectivity index (χ1v) is 10.2. The van der Waals surface area contributed by atoms with Crippen molar-refractivity contribution in [2.45, 2.75) is 39.3 Å². The number of nitrogens with zero attached hydrogens (tertiary/aromatic N) is 4. The minimum absolute atomic E-state index is 0.0108. The van der Waals surface area contributed by atoms with Crippen LogP contribution >= 0.6 is 11.6 Å². The number of fused-ring (bicyclic) bond motifs is 2. The molecule has 0 fully saturated rings. The van der Waals surface area contributed by atoms with Crippen LogP contribution in [0.4, 0.5) is 0 Å². The summed E-state index contributed by atoms with van der Waals surface area (Å²) in [5, 5.41) is 5.86. The van der Waals surface area contributed by atoms with E-state index in [0.717, 1.165) is 19.3 Å². The molecule has 3 aromatic heterocycles. The van der Waals surface area contributed by atoms with Gasteiger partial charge in [0, 0.05) is 24.3 Å². The first kappa shape index (κ1) is 20.1. The molecule has 7 nitrogen and oxygen atoms in total. The van der Waals surface area contributed by atoms with Gasteiger partial charge in [0.25, 0.3) is 5.56 Å². The highest BCUT2D eigenvalue weighted by molar-refractivity contribution is 6.30. The van der Waals surface area contributed by atoms with E-state index in [1.54, 1.807) is 53.2 Å². The number of halogens is 1. The monoisotopic (exact) mass is 424 g/mol. The molecule has 0 unspecified atom stereocenters. The molecule has 0 radical (unpaired) electrons. The minimum atomic E-state index is -0.592. The van der Waals surface area contributed by atoms with Crippen molar-refractivity contribution in [1.29, 1.82) is 0 Å². The summed E-state index contributed by atoms with van der Waals surface area (Å²) in [5.41, 5.74) is 1.23. The van der Waals surface area contributed by atoms with Crippen LogP contribution in [0.3, 0.4) is 0 Å². The molecule has 0 saturated carbocycles. The van der Waals surface area contributed by atoms with Crippen LogP contribution in [0.2, 0.25) is 5.02 Å². The molecule has 0 aliphatic rings. The summed E-state index contributed by atoms with van der Waals surface area (Å²) in [5.74, 6) is -0.592. The summed E-state index contributed by atoms with van der Waals surface area (Å²) in [6, 6.07) is 10.5. The third-order valence-corrected chi connectivity index (χ3v) is 5.07. The van der Waals surface area contributed by atoms with E-state index in [-0.39, 0.29) is 17.9 Å². The second-order valence-corrected chi connectivity index (χ2v) is 7.49. The molecule has 0 aliphatic heterocycles. The molecule has 0 amide bonds. The lowest BCUT2D eigenvalue weighted by molar-refractivity contribution is 0.0461. The van der Waals surface area contributed by atoms with E-state index in [9.17, 15) is 9.59 Å². The Morgan fingerprint density at radius 1 is 1.10 bits per heavy atom. The van der Waals surface area contributed by atoms with Gasteiger partial charge in [0.15, 0.2) is 5.69 Å². The lowest BCUT2D eigenvalue weighted by Crippen LogP contribution is -2.26. The van der Waals surface area contributed by atoms with Crippen molar-refractivity contribution < 1.29 is 9.53 Å². The molecule has 30 heavy (non-hydrogen) atoms. The fourth-order valence-electron chi connectivity index (χ4n) is 3.34. The average molecular weight is 425 g/mol. The molecule has 0 N–H and O–H groups in total. The Labute approximate surface area is 177 Å². The van der Waals surface area contributed by atoms with Crippen molar-refractivity contribution >= 4 is 34.0 Å². The smallest absolute Gasteiger partial charge is 0.359 e. The van der Waals surface area contributed by atoms with Gasteiger partial charge in [0.05, 0.1) is 16.1 Å². The summed E-state index contributed by atoms with van der Waals surface area (Å²) < 4.78 is 8.61. The van der Waals surface area contributed by atoms with Crippen LogP contribution in [0, 0.1) is 0 Å². The summed E-state index contributed by atoms with van der Waals surface area (Å²) in [7, 11) is 0. The van der Waals surface area contributed by atoms with Gasteiger partial charge < -0.3 is 9.14 Å². The third-order valence-electron chi connectivity index (χ3n) is 4.85. The maximum Gasteiger partial charge on any atom is 0.359 e. The maximum atomic E-state index is 12.8. The van der Waals surface area contributed by atoms with Gasteiger partial charge in [-0.3, -0.25) is 4.79 Å². The zero-order valence-corrected chi connectivity index (χ0v) is 17.3. The van der Waals surface area contributed by atoms with Crippen LogP contribution in [0.25, 0.3) is 16.4 Å². The predicted molar refractivity (Wildman–Crippen MR) is 115 cm³/mol. The van der Waals surface area contributed by atoms with Crippen molar-refractivity contribution in [3.8, 4) is 0 Å². The fraction of sp³-hybridized carbons (Fsp3) is 0.273. The fourth-order valence-corrected chi connectivity index (χ4v) is 3.51. The Bertz CT molecular complexity index is 1280. The minimum Gasteiger partial charge on any atom is -0.454 e. The third kappa shape index (κ3) is 4.07. The van der Waals surface area contributed by atoms with E-state index < -0.39 is 5.97 Å². The summed E-state index contributed by atoms with van der Waals surface area (Å²) >= 11 is 5.99. The SMILES string of the molecule is CCCCCn1nc(C(=O)OCc2cn3cc(Cl)ccc3n2)c2ccccc2c1=O. The Hall–Kier alpha value is -3.19. The standard InChI is InChI=1S/C22H21ClN4O3/c1-2-3-6-11-27-21(28)18-8-5-4-7-17(18)20(25-27)22(29)30-14-16-13-26-12-15(23)9-10-19(26)24-16/h4-5,7-10,12-13H,2-3,6,11,14H2,1H3. The number of carbonyl (C=O) groups excluding carboxylic acids is 1. The number of hydrogen-bond acceptors (Lipinski definition) is 5. The van der Waals surface area contributed by atoms with E-state index in [1.807, 2.05) is 0 Å². The summed E-state index contributed by atoms with van der Waals surface area (Å²) in [6.07, 6.45) is 6.32. The van der Waals surface area contributed by atoms with Gasteiger partial charge in [-0.15, -0.1) is 0 Å². The van der Waals surface area contributed by atoms with Gasteiger partial charge in [-0.2, -0.15) is 5.10 Å². The molecule has 0 bridgehead atoms. The number of pyridine rings is 1. The molecular formula is C22H21ClN4O3. The van der Waals surface area contributed by atoms with E-state index in [4.69, 9.17) is 16.3 Å². The highest BCUT2D eigenvalue weighted by atomic mass is 35.5. The number of imidazole rings is 1. The maximum absolute atomic E-state index is 12.8. The summed E-state index contributed by atoms with van der Waals surface area (Å²) in [4.78, 5) is 30.0. The first-order valence-electron chi connectivity index (χ1n) is 9.87. The number of aryl methyl sites for hydroxylation is 1. The molecular weight excluding hydrogens is 404 g/mol. The second kappa shape index (κ2) is 8.67. The number of hydrogen-bond donors (Lipinski definition) is 0. The Morgan fingerprint density at radius 3 is 2.70 bits per heavy atom. The lowest BCUT2D eigenvalue weighted by atomic mass is 10.1. The number of carbonyl (C=O) groups is 1. The van der Waals surface area contributed by atoms with E-state index in [0.29, 0.717) is 33.7 Å². The van der Waals surface area contributed by atoms with Crippen molar-refractivity contribution in [3.05, 3.63) is 75.6 Å². The lowest BCUT2D eigenvalue weighted by Gasteiger charge is -2.10. The normalized spacial score (nSPS) is 11.3. The zero-order chi connectivity index (χ0) is 21.1. The Balaban J connectivity index is 1.61. The number of unbranched alkanes of at least 4 members (excludes halogenated alkanes) is 2. The first-order chi connectivity index (χ1) is 14.6. The second-order valence-electron chi connectivity index (χ2n) is 7.05. The van der Waals surface area contributed by atoms with Crippen LogP contribution < -0.4 is 5.56 Å². The number of benzene rings is 1. The molecule has 3 heterocycles. The molecule has 8 heteroatoms. The van der Waals surface area contributed by atoms with Gasteiger partial charge in [-0.05, 0) is 24.6 Å². The molecule has 1 aromatic carbocycles. The van der Waals surface area contributed by atoms with Gasteiger partial charge in [-0.25, -0.2) is 14.5 Å². The van der Waals surface area contributed by atoms with Crippen molar-refractivity contribution in [3.63, 3.8) is 0 Å². The van der Waals surface area contributed by atoms with E-state index in [2.05, 4.69) is 17.0 Å². The summed E-state index contributed by atoms with van der Waals surface area (Å²) in [6.45, 7) is 2.54. The molecule has 4 aromatic rings. The molecule has 0 spiro atoms. The van der Waals surface area contributed by atoms with Crippen LogP contribution in [0.15, 0.2) is 53.6 Å². The van der Waals surface area contributed by atoms with E-state index in [1.165, 1.54) is 4.68 Å². The van der Waals surface area contributed by atoms with Crippen LogP contribution in [-0.2, 0) is 17.9 Å². The number of aromatic nitrogens is 4. The van der Waals surface area contributed by atoms with Crippen molar-refractivity contribution in [2.75, 3.05) is 0 Å². The van der Waals surface area contributed by atoms with Crippen molar-refractivity contribution in [1.82, 2.24) is 19.2 Å². The molecule has 0 saturated heterocycles. The number of esters is 1. The predicted octanol–water partition coefficient (Wildman–Crippen LogP) is 4.24. The van der Waals surface area contributed by atoms with Gasteiger partial charge in [0.2, 0.25) is 0 Å². The molecule has 4 rings (SSSR count). The highest BCUT2D eigenvalue weighted by Gasteiger charge is 2.18. The van der Waals surface area contributed by atoms with Crippen molar-refractivity contribution in [2.24, 2.45) is 0 Å². The number of ether oxygens (including phenoxy) is 1. The average Bonchev–Trinajstić information content (AvgIpc) is 3.16. The van der Waals surface area contributed by atoms with Gasteiger partial charge >= 0.3 is 5.97 Å².